The third-order valence-electron chi connectivity index (χ3n) is 4.08. The Morgan fingerprint density at radius 3 is 2.63 bits per heavy atom. The molecule has 2 N–H and O–H groups in total. The molecule has 0 radical (unpaired) electrons. The van der Waals surface area contributed by atoms with E-state index in [0.717, 1.165) is 16.9 Å². The van der Waals surface area contributed by atoms with E-state index in [1.807, 2.05) is 54.6 Å². The first-order valence-corrected chi connectivity index (χ1v) is 8.54. The second-order valence-electron chi connectivity index (χ2n) is 6.12. The molecule has 2 aromatic rings. The summed E-state index contributed by atoms with van der Waals surface area (Å²) < 4.78 is 5.72. The lowest BCUT2D eigenvalue weighted by atomic mass is 10.0. The third kappa shape index (κ3) is 5.24. The van der Waals surface area contributed by atoms with Gasteiger partial charge in [-0.1, -0.05) is 30.3 Å². The van der Waals surface area contributed by atoms with Crippen molar-refractivity contribution in [3.8, 4) is 5.75 Å². The quantitative estimate of drug-likeness (QED) is 0.583. The van der Waals surface area contributed by atoms with Crippen LogP contribution in [0.15, 0.2) is 64.8 Å². The number of hydrogen-bond acceptors (Lipinski definition) is 5. The third-order valence-corrected chi connectivity index (χ3v) is 4.08. The van der Waals surface area contributed by atoms with E-state index in [9.17, 15) is 9.59 Å². The Hall–Kier alpha value is -3.48. The minimum atomic E-state index is -0.527. The second kappa shape index (κ2) is 8.75. The predicted molar refractivity (Wildman–Crippen MR) is 102 cm³/mol. The molecule has 0 fully saturated rings. The zero-order valence-electron chi connectivity index (χ0n) is 14.9. The van der Waals surface area contributed by atoms with Crippen LogP contribution in [-0.2, 0) is 16.2 Å². The SMILES string of the molecule is CC1=NNC(=O)C1CC(=O)NN=Cc1ccc(OCc2ccccc2)cc1. The fourth-order valence-electron chi connectivity index (χ4n) is 2.53. The van der Waals surface area contributed by atoms with Crippen molar-refractivity contribution in [2.75, 3.05) is 0 Å². The molecule has 0 saturated carbocycles. The number of hydrogen-bond donors (Lipinski definition) is 2. The molecule has 138 valence electrons. The maximum atomic E-state index is 11.9. The van der Waals surface area contributed by atoms with Crippen molar-refractivity contribution in [1.29, 1.82) is 0 Å². The highest BCUT2D eigenvalue weighted by Gasteiger charge is 2.28. The van der Waals surface area contributed by atoms with Crippen molar-refractivity contribution in [3.63, 3.8) is 0 Å². The van der Waals surface area contributed by atoms with Gasteiger partial charge < -0.3 is 4.74 Å². The lowest BCUT2D eigenvalue weighted by molar-refractivity contribution is -0.127. The molecule has 1 aliphatic heterocycles. The van der Waals surface area contributed by atoms with E-state index >= 15 is 0 Å². The van der Waals surface area contributed by atoms with E-state index in [1.54, 1.807) is 6.92 Å². The number of nitrogens with zero attached hydrogens (tertiary/aromatic N) is 2. The van der Waals surface area contributed by atoms with Crippen molar-refractivity contribution in [3.05, 3.63) is 65.7 Å². The summed E-state index contributed by atoms with van der Waals surface area (Å²) in [5, 5.41) is 7.73. The maximum absolute atomic E-state index is 11.9. The van der Waals surface area contributed by atoms with Gasteiger partial charge in [0, 0.05) is 12.1 Å². The monoisotopic (exact) mass is 364 g/mol. The van der Waals surface area contributed by atoms with Gasteiger partial charge in [-0.15, -0.1) is 0 Å². The summed E-state index contributed by atoms with van der Waals surface area (Å²) in [6, 6.07) is 17.3. The van der Waals surface area contributed by atoms with Gasteiger partial charge in [-0.2, -0.15) is 10.2 Å². The molecular formula is C20H20N4O3. The Morgan fingerprint density at radius 1 is 1.22 bits per heavy atom. The second-order valence-corrected chi connectivity index (χ2v) is 6.12. The topological polar surface area (TPSA) is 92.2 Å². The first kappa shape index (κ1) is 18.3. The molecule has 1 heterocycles. The normalized spacial score (nSPS) is 16.1. The number of hydrazone groups is 2. The highest BCUT2D eigenvalue weighted by atomic mass is 16.5. The molecule has 1 atom stereocenters. The van der Waals surface area contributed by atoms with Crippen LogP contribution < -0.4 is 15.6 Å². The summed E-state index contributed by atoms with van der Waals surface area (Å²) in [5.74, 6) is -0.383. The molecule has 1 aliphatic rings. The molecule has 2 amide bonds. The van der Waals surface area contributed by atoms with E-state index in [0.29, 0.717) is 12.3 Å². The first-order chi connectivity index (χ1) is 13.1. The Labute approximate surface area is 157 Å². The molecule has 0 spiro atoms. The molecule has 0 aromatic heterocycles. The summed E-state index contributed by atoms with van der Waals surface area (Å²) >= 11 is 0. The fourth-order valence-corrected chi connectivity index (χ4v) is 2.53. The van der Waals surface area contributed by atoms with Gasteiger partial charge in [-0.05, 0) is 42.3 Å². The van der Waals surface area contributed by atoms with Crippen LogP contribution in [0.2, 0.25) is 0 Å². The molecule has 0 bridgehead atoms. The van der Waals surface area contributed by atoms with Gasteiger partial charge in [0.2, 0.25) is 11.8 Å². The van der Waals surface area contributed by atoms with E-state index < -0.39 is 5.92 Å². The molecule has 3 rings (SSSR count). The van der Waals surface area contributed by atoms with Crippen LogP contribution >= 0.6 is 0 Å². The molecule has 7 heteroatoms. The van der Waals surface area contributed by atoms with Crippen molar-refractivity contribution < 1.29 is 14.3 Å². The van der Waals surface area contributed by atoms with Gasteiger partial charge in [0.05, 0.1) is 12.1 Å². The largest absolute Gasteiger partial charge is 0.489 e. The Bertz CT molecular complexity index is 861. The standard InChI is InChI=1S/C20H20N4O3/c1-14-18(20(26)24-22-14)11-19(25)23-21-12-15-7-9-17(10-8-15)27-13-16-5-3-2-4-6-16/h2-10,12,18H,11,13H2,1H3,(H,23,25)(H,24,26). The number of benzene rings is 2. The lowest BCUT2D eigenvalue weighted by Gasteiger charge is -2.06. The first-order valence-electron chi connectivity index (χ1n) is 8.54. The number of carbonyl (C=O) groups excluding carboxylic acids is 2. The molecule has 0 saturated heterocycles. The van der Waals surface area contributed by atoms with E-state index in [1.165, 1.54) is 6.21 Å². The van der Waals surface area contributed by atoms with Crippen LogP contribution in [0.3, 0.4) is 0 Å². The summed E-state index contributed by atoms with van der Waals surface area (Å²) in [6.45, 7) is 2.21. The van der Waals surface area contributed by atoms with E-state index in [2.05, 4.69) is 21.1 Å². The van der Waals surface area contributed by atoms with Crippen LogP contribution in [0.5, 0.6) is 5.75 Å². The average Bonchev–Trinajstić information content (AvgIpc) is 3.00. The van der Waals surface area contributed by atoms with Gasteiger partial charge in [-0.25, -0.2) is 10.9 Å². The van der Waals surface area contributed by atoms with E-state index in [-0.39, 0.29) is 18.2 Å². The predicted octanol–water partition coefficient (Wildman–Crippen LogP) is 2.23. The zero-order valence-corrected chi connectivity index (χ0v) is 14.9. The molecular weight excluding hydrogens is 344 g/mol. The lowest BCUT2D eigenvalue weighted by Crippen LogP contribution is -2.29. The minimum Gasteiger partial charge on any atom is -0.489 e. The van der Waals surface area contributed by atoms with Crippen molar-refractivity contribution in [1.82, 2.24) is 10.9 Å². The van der Waals surface area contributed by atoms with Gasteiger partial charge in [0.15, 0.2) is 0 Å². The fraction of sp³-hybridized carbons (Fsp3) is 0.200. The van der Waals surface area contributed by atoms with Gasteiger partial charge in [0.1, 0.15) is 12.4 Å². The number of rotatable bonds is 7. The smallest absolute Gasteiger partial charge is 0.249 e. The van der Waals surface area contributed by atoms with Gasteiger partial charge in [-0.3, -0.25) is 9.59 Å². The molecule has 27 heavy (non-hydrogen) atoms. The highest BCUT2D eigenvalue weighted by Crippen LogP contribution is 2.14. The maximum Gasteiger partial charge on any atom is 0.249 e. The number of nitrogens with one attached hydrogen (secondary N) is 2. The van der Waals surface area contributed by atoms with Crippen LogP contribution in [0.4, 0.5) is 0 Å². The Balaban J connectivity index is 1.45. The zero-order chi connectivity index (χ0) is 19.1. The Morgan fingerprint density at radius 2 is 1.96 bits per heavy atom. The van der Waals surface area contributed by atoms with Crippen molar-refractivity contribution in [2.45, 2.75) is 20.0 Å². The summed E-state index contributed by atoms with van der Waals surface area (Å²) in [5.41, 5.74) is 7.30. The number of carbonyl (C=O) groups is 2. The van der Waals surface area contributed by atoms with Crippen LogP contribution in [0.1, 0.15) is 24.5 Å². The van der Waals surface area contributed by atoms with Gasteiger partial charge >= 0.3 is 0 Å². The average molecular weight is 364 g/mol. The molecule has 0 aliphatic carbocycles. The molecule has 2 aromatic carbocycles. The van der Waals surface area contributed by atoms with E-state index in [4.69, 9.17) is 4.74 Å². The van der Waals surface area contributed by atoms with Crippen molar-refractivity contribution in [2.24, 2.45) is 16.1 Å². The van der Waals surface area contributed by atoms with Crippen molar-refractivity contribution >= 4 is 23.7 Å². The summed E-state index contributed by atoms with van der Waals surface area (Å²) in [7, 11) is 0. The summed E-state index contributed by atoms with van der Waals surface area (Å²) in [6.07, 6.45) is 1.55. The highest BCUT2D eigenvalue weighted by molar-refractivity contribution is 6.09. The summed E-state index contributed by atoms with van der Waals surface area (Å²) in [4.78, 5) is 23.4. The van der Waals surface area contributed by atoms with Crippen LogP contribution in [-0.4, -0.2) is 23.7 Å². The van der Waals surface area contributed by atoms with Crippen LogP contribution in [0.25, 0.3) is 0 Å². The van der Waals surface area contributed by atoms with Gasteiger partial charge in [0.25, 0.3) is 0 Å². The number of ether oxygens (including phenoxy) is 1. The Kier molecular flexibility index (Phi) is 5.94. The minimum absolute atomic E-state index is 0.0186. The number of amides is 2. The molecule has 1 unspecified atom stereocenters. The van der Waals surface area contributed by atoms with Crippen LogP contribution in [0, 0.1) is 5.92 Å². The molecule has 7 nitrogen and oxygen atoms in total.